The van der Waals surface area contributed by atoms with E-state index in [2.05, 4.69) is 0 Å². The number of ether oxygens (including phenoxy) is 3. The van der Waals surface area contributed by atoms with Crippen LogP contribution in [0.4, 0.5) is 0 Å². The summed E-state index contributed by atoms with van der Waals surface area (Å²) in [5, 5.41) is 21.7. The van der Waals surface area contributed by atoms with Crippen molar-refractivity contribution in [3.8, 4) is 11.5 Å². The number of rotatable bonds is 7. The molecular weight excluding hydrogens is 368 g/mol. The van der Waals surface area contributed by atoms with Crippen molar-refractivity contribution in [2.45, 2.75) is 44.5 Å². The van der Waals surface area contributed by atoms with Gasteiger partial charge in [0.1, 0.15) is 18.8 Å². The first kappa shape index (κ1) is 20.2. The smallest absolute Gasteiger partial charge is 0.336 e. The maximum absolute atomic E-state index is 11.5. The fourth-order valence-electron chi connectivity index (χ4n) is 3.29. The van der Waals surface area contributed by atoms with Crippen LogP contribution in [0, 0.1) is 5.92 Å². The molecule has 0 bridgehead atoms. The molecule has 28 heavy (non-hydrogen) atoms. The molecule has 2 heterocycles. The number of hydrogen-bond donors (Lipinski definition) is 2. The Labute approximate surface area is 161 Å². The summed E-state index contributed by atoms with van der Waals surface area (Å²) in [7, 11) is 1.41. The van der Waals surface area contributed by atoms with Gasteiger partial charge in [-0.2, -0.15) is 0 Å². The molecule has 1 aliphatic rings. The molecular formula is C20H24O8. The summed E-state index contributed by atoms with van der Waals surface area (Å²) < 4.78 is 21.3. The van der Waals surface area contributed by atoms with E-state index in [9.17, 15) is 19.8 Å². The van der Waals surface area contributed by atoms with Gasteiger partial charge in [0.2, 0.25) is 5.75 Å². The Kier molecular flexibility index (Phi) is 5.62. The monoisotopic (exact) mass is 392 g/mol. The molecule has 2 N–H and O–H groups in total. The van der Waals surface area contributed by atoms with Crippen LogP contribution in [0.2, 0.25) is 0 Å². The lowest BCUT2D eigenvalue weighted by Gasteiger charge is -2.31. The average molecular weight is 392 g/mol. The second-order valence-corrected chi connectivity index (χ2v) is 7.35. The summed E-state index contributed by atoms with van der Waals surface area (Å²) in [4.78, 5) is 23.0. The maximum Gasteiger partial charge on any atom is 0.336 e. The van der Waals surface area contributed by atoms with E-state index in [-0.39, 0.29) is 42.0 Å². The van der Waals surface area contributed by atoms with Gasteiger partial charge in [-0.1, -0.05) is 6.92 Å². The van der Waals surface area contributed by atoms with E-state index < -0.39 is 23.4 Å². The molecule has 0 saturated carbocycles. The highest BCUT2D eigenvalue weighted by molar-refractivity contribution is 5.85. The van der Waals surface area contributed by atoms with Crippen LogP contribution in [0.25, 0.3) is 11.0 Å². The van der Waals surface area contributed by atoms with Gasteiger partial charge < -0.3 is 28.8 Å². The summed E-state index contributed by atoms with van der Waals surface area (Å²) in [5.41, 5.74) is -1.81. The lowest BCUT2D eigenvalue weighted by atomic mass is 9.90. The first-order valence-corrected chi connectivity index (χ1v) is 9.06. The van der Waals surface area contributed by atoms with Crippen LogP contribution in [0.15, 0.2) is 33.5 Å². The Morgan fingerprint density at radius 2 is 2.00 bits per heavy atom. The Morgan fingerprint density at radius 1 is 1.29 bits per heavy atom. The van der Waals surface area contributed by atoms with E-state index in [0.717, 1.165) is 0 Å². The number of carbonyl (C=O) groups excluding carboxylic acids is 1. The molecule has 8 heteroatoms. The zero-order valence-corrected chi connectivity index (χ0v) is 16.0. The van der Waals surface area contributed by atoms with E-state index in [4.69, 9.17) is 18.6 Å². The van der Waals surface area contributed by atoms with Crippen molar-refractivity contribution in [3.05, 3.63) is 34.7 Å². The van der Waals surface area contributed by atoms with Gasteiger partial charge in [0.25, 0.3) is 0 Å². The number of aliphatic hydroxyl groups excluding tert-OH is 1. The first-order valence-electron chi connectivity index (χ1n) is 9.06. The second-order valence-electron chi connectivity index (χ2n) is 7.35. The third-order valence-corrected chi connectivity index (χ3v) is 4.97. The molecule has 4 atom stereocenters. The fraction of sp³-hybridized carbons (Fsp3) is 0.500. The normalized spacial score (nSPS) is 22.5. The van der Waals surface area contributed by atoms with E-state index in [1.807, 2.05) is 0 Å². The highest BCUT2D eigenvalue weighted by atomic mass is 16.6. The molecule has 152 valence electrons. The van der Waals surface area contributed by atoms with Crippen molar-refractivity contribution in [1.29, 1.82) is 0 Å². The van der Waals surface area contributed by atoms with Crippen molar-refractivity contribution in [3.63, 3.8) is 0 Å². The molecule has 8 nitrogen and oxygen atoms in total. The second kappa shape index (κ2) is 7.81. The number of aliphatic hydroxyl groups is 2. The van der Waals surface area contributed by atoms with Gasteiger partial charge >= 0.3 is 11.6 Å². The zero-order chi connectivity index (χ0) is 20.5. The number of methoxy groups -OCH3 is 1. The summed E-state index contributed by atoms with van der Waals surface area (Å²) in [6.07, 6.45) is -1.10. The van der Waals surface area contributed by atoms with Gasteiger partial charge in [0.05, 0.1) is 18.6 Å². The van der Waals surface area contributed by atoms with Gasteiger partial charge in [0, 0.05) is 17.9 Å². The number of fused-ring (bicyclic) bond motifs is 1. The summed E-state index contributed by atoms with van der Waals surface area (Å²) in [5.74, 6) is -0.0275. The molecule has 1 aromatic heterocycles. The molecule has 3 rings (SSSR count). The minimum Gasteiger partial charge on any atom is -0.490 e. The molecule has 0 spiro atoms. The highest BCUT2D eigenvalue weighted by Crippen LogP contribution is 2.35. The molecule has 1 aromatic carbocycles. The first-order chi connectivity index (χ1) is 13.2. The predicted molar refractivity (Wildman–Crippen MR) is 99.4 cm³/mol. The Morgan fingerprint density at radius 3 is 2.64 bits per heavy atom. The minimum absolute atomic E-state index is 0.0946. The Bertz CT molecular complexity index is 916. The fourth-order valence-corrected chi connectivity index (χ4v) is 3.29. The van der Waals surface area contributed by atoms with E-state index >= 15 is 0 Å². The number of carbonyl (C=O) groups is 1. The van der Waals surface area contributed by atoms with Crippen LogP contribution in [-0.2, 0) is 9.53 Å². The van der Waals surface area contributed by atoms with Gasteiger partial charge in [-0.05, 0) is 31.5 Å². The van der Waals surface area contributed by atoms with Gasteiger partial charge in [0.15, 0.2) is 11.3 Å². The molecule has 0 radical (unpaired) electrons. The molecule has 0 aliphatic carbocycles. The quantitative estimate of drug-likeness (QED) is 0.540. The molecule has 0 amide bonds. The number of benzene rings is 1. The topological polar surface area (TPSA) is 115 Å². The summed E-state index contributed by atoms with van der Waals surface area (Å²) in [6.45, 7) is 3.00. The molecule has 1 aliphatic heterocycles. The van der Waals surface area contributed by atoms with Gasteiger partial charge in [-0.25, -0.2) is 4.79 Å². The lowest BCUT2D eigenvalue weighted by molar-refractivity contribution is -0.148. The van der Waals surface area contributed by atoms with Crippen LogP contribution >= 0.6 is 0 Å². The molecule has 2 aromatic rings. The molecule has 1 fully saturated rings. The minimum atomic E-state index is -1.52. The van der Waals surface area contributed by atoms with Crippen LogP contribution < -0.4 is 15.1 Å². The molecule has 0 unspecified atom stereocenters. The lowest BCUT2D eigenvalue weighted by Crippen LogP contribution is -2.45. The van der Waals surface area contributed by atoms with Crippen molar-refractivity contribution >= 4 is 16.9 Å². The standard InChI is InChI=1S/C20H24O8/c1-11-8-13(27-19(11)23)9-20(2,24)15(21)10-26-14-6-4-12-5-7-16(22)28-17(12)18(14)25-3/h4-7,11,13,15,21,24H,8-10H2,1-3H3/t11-,13-,15-,20+/m0/s1. The van der Waals surface area contributed by atoms with Crippen molar-refractivity contribution < 1.29 is 33.6 Å². The zero-order valence-electron chi connectivity index (χ0n) is 16.0. The SMILES string of the molecule is COc1c(OC[C@H](O)[C@](C)(O)C[C@@H]2C[C@H](C)C(=O)O2)ccc2ccc(=O)oc12. The van der Waals surface area contributed by atoms with Crippen molar-refractivity contribution in [1.82, 2.24) is 0 Å². The van der Waals surface area contributed by atoms with Crippen LogP contribution in [-0.4, -0.2) is 47.7 Å². The summed E-state index contributed by atoms with van der Waals surface area (Å²) >= 11 is 0. The van der Waals surface area contributed by atoms with Crippen molar-refractivity contribution in [2.24, 2.45) is 5.92 Å². The Hall–Kier alpha value is -2.58. The average Bonchev–Trinajstić information content (AvgIpc) is 2.95. The van der Waals surface area contributed by atoms with Crippen LogP contribution in [0.3, 0.4) is 0 Å². The third-order valence-electron chi connectivity index (χ3n) is 4.97. The van der Waals surface area contributed by atoms with E-state index in [1.165, 1.54) is 20.1 Å². The van der Waals surface area contributed by atoms with Crippen LogP contribution in [0.5, 0.6) is 11.5 Å². The number of cyclic esters (lactones) is 1. The van der Waals surface area contributed by atoms with Crippen LogP contribution in [0.1, 0.15) is 26.7 Å². The van der Waals surface area contributed by atoms with E-state index in [1.54, 1.807) is 25.1 Å². The summed E-state index contributed by atoms with van der Waals surface area (Å²) in [6, 6.07) is 6.24. The van der Waals surface area contributed by atoms with E-state index in [0.29, 0.717) is 11.8 Å². The molecule has 1 saturated heterocycles. The Balaban J connectivity index is 1.70. The predicted octanol–water partition coefficient (Wildman–Crippen LogP) is 1.63. The largest absolute Gasteiger partial charge is 0.490 e. The third kappa shape index (κ3) is 4.13. The maximum atomic E-state index is 11.5. The number of hydrogen-bond acceptors (Lipinski definition) is 8. The number of esters is 1. The van der Waals surface area contributed by atoms with Gasteiger partial charge in [-0.15, -0.1) is 0 Å². The van der Waals surface area contributed by atoms with Gasteiger partial charge in [-0.3, -0.25) is 4.79 Å². The van der Waals surface area contributed by atoms with Crippen molar-refractivity contribution in [2.75, 3.05) is 13.7 Å². The highest BCUT2D eigenvalue weighted by Gasteiger charge is 2.39.